The number of halogens is 1. The van der Waals surface area contributed by atoms with Crippen LogP contribution in [0.25, 0.3) is 0 Å². The molecule has 6 nitrogen and oxygen atoms in total. The van der Waals surface area contributed by atoms with Gasteiger partial charge < -0.3 is 15.8 Å². The molecule has 1 aromatic heterocycles. The summed E-state index contributed by atoms with van der Waals surface area (Å²) >= 11 is 5.74. The number of nitrogens with one attached hydrogen (secondary N) is 1. The summed E-state index contributed by atoms with van der Waals surface area (Å²) in [6.45, 7) is 5.72. The Morgan fingerprint density at radius 2 is 2.10 bits per heavy atom. The van der Waals surface area contributed by atoms with E-state index in [1.807, 2.05) is 20.8 Å². The van der Waals surface area contributed by atoms with E-state index in [0.29, 0.717) is 0 Å². The summed E-state index contributed by atoms with van der Waals surface area (Å²) < 4.78 is 4.77. The number of rotatable bonds is 4. The number of ether oxygens (including phenoxy) is 1. The first kappa shape index (κ1) is 16.2. The van der Waals surface area contributed by atoms with E-state index < -0.39 is 12.1 Å². The van der Waals surface area contributed by atoms with E-state index >= 15 is 0 Å². The van der Waals surface area contributed by atoms with Gasteiger partial charge in [0.05, 0.1) is 6.04 Å². The summed E-state index contributed by atoms with van der Waals surface area (Å²) in [5.74, 6) is -0.388. The van der Waals surface area contributed by atoms with E-state index in [0.717, 1.165) is 0 Å². The fraction of sp³-hybridized carbons (Fsp3) is 0.462. The van der Waals surface area contributed by atoms with Crippen LogP contribution in [0.3, 0.4) is 0 Å². The van der Waals surface area contributed by atoms with Gasteiger partial charge in [-0.3, -0.25) is 4.79 Å². The zero-order valence-corrected chi connectivity index (χ0v) is 12.4. The maximum atomic E-state index is 12.1. The van der Waals surface area contributed by atoms with Crippen LogP contribution in [0, 0.1) is 5.41 Å². The molecule has 0 aliphatic carbocycles. The number of pyridine rings is 1. The number of nitrogens with zero attached hydrogens (tertiary/aromatic N) is 1. The molecule has 0 aliphatic heterocycles. The van der Waals surface area contributed by atoms with Crippen molar-refractivity contribution in [1.29, 1.82) is 0 Å². The Bertz CT molecular complexity index is 500. The van der Waals surface area contributed by atoms with Crippen LogP contribution in [-0.4, -0.2) is 29.6 Å². The molecule has 110 valence electrons. The SMILES string of the molecule is CC(C)(C)C(COC(N)=O)NC(=O)c1cccc(Cl)n1. The van der Waals surface area contributed by atoms with Crippen molar-refractivity contribution in [2.75, 3.05) is 6.61 Å². The van der Waals surface area contributed by atoms with Crippen molar-refractivity contribution >= 4 is 23.6 Å². The standard InChI is InChI=1S/C13H18ClN3O3/c1-13(2,3)9(7-20-12(15)19)17-11(18)8-5-4-6-10(14)16-8/h4-6,9H,7H2,1-3H3,(H2,15,19)(H,17,18). The van der Waals surface area contributed by atoms with E-state index in [-0.39, 0.29) is 28.8 Å². The van der Waals surface area contributed by atoms with Gasteiger partial charge >= 0.3 is 6.09 Å². The summed E-state index contributed by atoms with van der Waals surface area (Å²) in [5, 5.41) is 3.00. The van der Waals surface area contributed by atoms with Gasteiger partial charge in [0.1, 0.15) is 17.5 Å². The molecule has 0 radical (unpaired) electrons. The highest BCUT2D eigenvalue weighted by atomic mass is 35.5. The number of carbonyl (C=O) groups excluding carboxylic acids is 2. The first-order valence-electron chi connectivity index (χ1n) is 6.06. The number of primary amides is 1. The lowest BCUT2D eigenvalue weighted by Gasteiger charge is -2.30. The number of aromatic nitrogens is 1. The first-order valence-corrected chi connectivity index (χ1v) is 6.43. The molecule has 2 amide bonds. The maximum Gasteiger partial charge on any atom is 0.404 e. The van der Waals surface area contributed by atoms with Crippen LogP contribution in [0.15, 0.2) is 18.2 Å². The van der Waals surface area contributed by atoms with Crippen molar-refractivity contribution in [2.45, 2.75) is 26.8 Å². The summed E-state index contributed by atoms with van der Waals surface area (Å²) in [6, 6.07) is 4.37. The van der Waals surface area contributed by atoms with Crippen LogP contribution in [0.5, 0.6) is 0 Å². The lowest BCUT2D eigenvalue weighted by molar-refractivity contribution is 0.0799. The summed E-state index contributed by atoms with van der Waals surface area (Å²) in [6.07, 6.45) is -0.880. The van der Waals surface area contributed by atoms with Gasteiger partial charge in [-0.1, -0.05) is 38.4 Å². The Kier molecular flexibility index (Phi) is 5.33. The Morgan fingerprint density at radius 3 is 2.60 bits per heavy atom. The Balaban J connectivity index is 2.79. The van der Waals surface area contributed by atoms with Crippen molar-refractivity contribution in [1.82, 2.24) is 10.3 Å². The molecule has 0 spiro atoms. The number of hydrogen-bond acceptors (Lipinski definition) is 4. The molecular weight excluding hydrogens is 282 g/mol. The summed E-state index contributed by atoms with van der Waals surface area (Å²) in [4.78, 5) is 26.7. The molecule has 20 heavy (non-hydrogen) atoms. The fourth-order valence-corrected chi connectivity index (χ4v) is 1.60. The van der Waals surface area contributed by atoms with Gasteiger partial charge in [-0.2, -0.15) is 0 Å². The van der Waals surface area contributed by atoms with Gasteiger partial charge in [-0.05, 0) is 17.5 Å². The molecule has 3 N–H and O–H groups in total. The smallest absolute Gasteiger partial charge is 0.404 e. The average molecular weight is 300 g/mol. The van der Waals surface area contributed by atoms with Crippen molar-refractivity contribution in [3.63, 3.8) is 0 Å². The molecule has 1 aromatic rings. The van der Waals surface area contributed by atoms with Gasteiger partial charge in [-0.25, -0.2) is 9.78 Å². The van der Waals surface area contributed by atoms with Gasteiger partial charge in [0.2, 0.25) is 0 Å². The highest BCUT2D eigenvalue weighted by Crippen LogP contribution is 2.20. The number of amides is 2. The van der Waals surface area contributed by atoms with Crippen molar-refractivity contribution in [3.8, 4) is 0 Å². The zero-order chi connectivity index (χ0) is 15.3. The van der Waals surface area contributed by atoms with Crippen LogP contribution in [-0.2, 0) is 4.74 Å². The van der Waals surface area contributed by atoms with Crippen molar-refractivity contribution in [2.24, 2.45) is 11.1 Å². The van der Waals surface area contributed by atoms with E-state index in [1.54, 1.807) is 18.2 Å². The van der Waals surface area contributed by atoms with Crippen LogP contribution in [0.2, 0.25) is 5.15 Å². The van der Waals surface area contributed by atoms with Crippen molar-refractivity contribution < 1.29 is 14.3 Å². The largest absolute Gasteiger partial charge is 0.448 e. The molecule has 1 rings (SSSR count). The van der Waals surface area contributed by atoms with Crippen molar-refractivity contribution in [3.05, 3.63) is 29.0 Å². The maximum absolute atomic E-state index is 12.1. The van der Waals surface area contributed by atoms with E-state index in [9.17, 15) is 9.59 Å². The average Bonchev–Trinajstić information content (AvgIpc) is 2.32. The normalized spacial score (nSPS) is 12.6. The van der Waals surface area contributed by atoms with E-state index in [2.05, 4.69) is 10.3 Å². The van der Waals surface area contributed by atoms with Gasteiger partial charge in [0.25, 0.3) is 5.91 Å². The van der Waals surface area contributed by atoms with Gasteiger partial charge in [-0.15, -0.1) is 0 Å². The number of carbonyl (C=O) groups is 2. The predicted molar refractivity (Wildman–Crippen MR) is 75.5 cm³/mol. The predicted octanol–water partition coefficient (Wildman–Crippen LogP) is 1.97. The molecule has 0 fully saturated rings. The highest BCUT2D eigenvalue weighted by molar-refractivity contribution is 6.29. The molecule has 1 unspecified atom stereocenters. The van der Waals surface area contributed by atoms with Crippen LogP contribution >= 0.6 is 11.6 Å². The second kappa shape index (κ2) is 6.56. The monoisotopic (exact) mass is 299 g/mol. The van der Waals surface area contributed by atoms with Crippen LogP contribution < -0.4 is 11.1 Å². The molecular formula is C13H18ClN3O3. The third kappa shape index (κ3) is 5.05. The Labute approximate surface area is 122 Å². The summed E-state index contributed by atoms with van der Waals surface area (Å²) in [5.41, 5.74) is 4.83. The molecule has 1 heterocycles. The topological polar surface area (TPSA) is 94.3 Å². The Hall–Kier alpha value is -1.82. The number of nitrogens with two attached hydrogens (primary N) is 1. The van der Waals surface area contributed by atoms with Crippen LogP contribution in [0.4, 0.5) is 4.79 Å². The van der Waals surface area contributed by atoms with Gasteiger partial charge in [0.15, 0.2) is 0 Å². The fourth-order valence-electron chi connectivity index (χ4n) is 1.44. The second-order valence-corrected chi connectivity index (χ2v) is 5.75. The second-order valence-electron chi connectivity index (χ2n) is 5.37. The first-order chi connectivity index (χ1) is 9.20. The molecule has 1 atom stereocenters. The molecule has 7 heteroatoms. The molecule has 0 aliphatic rings. The Morgan fingerprint density at radius 1 is 1.45 bits per heavy atom. The zero-order valence-electron chi connectivity index (χ0n) is 11.6. The lowest BCUT2D eigenvalue weighted by atomic mass is 9.87. The summed E-state index contributed by atoms with van der Waals surface area (Å²) in [7, 11) is 0. The minimum Gasteiger partial charge on any atom is -0.448 e. The molecule has 0 saturated heterocycles. The van der Waals surface area contributed by atoms with E-state index in [1.165, 1.54) is 0 Å². The van der Waals surface area contributed by atoms with E-state index in [4.69, 9.17) is 22.1 Å². The lowest BCUT2D eigenvalue weighted by Crippen LogP contribution is -2.47. The molecule has 0 bridgehead atoms. The van der Waals surface area contributed by atoms with Crippen LogP contribution in [0.1, 0.15) is 31.3 Å². The third-order valence-electron chi connectivity index (χ3n) is 2.69. The quantitative estimate of drug-likeness (QED) is 0.831. The third-order valence-corrected chi connectivity index (χ3v) is 2.90. The molecule has 0 saturated carbocycles. The van der Waals surface area contributed by atoms with Gasteiger partial charge in [0, 0.05) is 0 Å². The minimum atomic E-state index is -0.880. The number of hydrogen-bond donors (Lipinski definition) is 2. The minimum absolute atomic E-state index is 0.00879. The molecule has 0 aromatic carbocycles. The highest BCUT2D eigenvalue weighted by Gasteiger charge is 2.28.